The van der Waals surface area contributed by atoms with Gasteiger partial charge in [-0.25, -0.2) is 15.0 Å². The van der Waals surface area contributed by atoms with Gasteiger partial charge in [0.1, 0.15) is 17.4 Å². The molecular formula is C20H22N6O2. The molecule has 0 atom stereocenters. The molecular weight excluding hydrogens is 356 g/mol. The highest BCUT2D eigenvalue weighted by atomic mass is 16.5. The first kappa shape index (κ1) is 17.1. The van der Waals surface area contributed by atoms with Gasteiger partial charge in [-0.15, -0.1) is 0 Å². The minimum Gasteiger partial charge on any atom is -0.488 e. The second-order valence-corrected chi connectivity index (χ2v) is 7.09. The molecule has 2 aliphatic rings. The summed E-state index contributed by atoms with van der Waals surface area (Å²) in [4.78, 5) is 19.7. The molecule has 5 rings (SSSR count). The van der Waals surface area contributed by atoms with Crippen LogP contribution in [0.2, 0.25) is 0 Å². The summed E-state index contributed by atoms with van der Waals surface area (Å²) in [6, 6.07) is 6.31. The van der Waals surface area contributed by atoms with Crippen LogP contribution >= 0.6 is 0 Å². The fourth-order valence-corrected chi connectivity index (χ4v) is 3.64. The maximum Gasteiger partial charge on any atom is 0.222 e. The Hall–Kier alpha value is -3.00. The van der Waals surface area contributed by atoms with Crippen molar-refractivity contribution in [3.05, 3.63) is 43.0 Å². The predicted molar refractivity (Wildman–Crippen MR) is 106 cm³/mol. The van der Waals surface area contributed by atoms with Crippen molar-refractivity contribution in [2.24, 2.45) is 0 Å². The van der Waals surface area contributed by atoms with Gasteiger partial charge in [0.25, 0.3) is 0 Å². The van der Waals surface area contributed by atoms with Crippen molar-refractivity contribution in [1.29, 1.82) is 0 Å². The number of morpholine rings is 1. The van der Waals surface area contributed by atoms with E-state index in [1.165, 1.54) is 0 Å². The first-order valence-corrected chi connectivity index (χ1v) is 9.63. The SMILES string of the molecule is c1cnc(N[C@H]2C[C@H](Oc3cc(N4CCOCC4)cc4nccnc34)C2)nc1. The van der Waals surface area contributed by atoms with Crippen LogP contribution < -0.4 is 15.0 Å². The minimum atomic E-state index is 0.145. The zero-order chi connectivity index (χ0) is 18.8. The molecule has 1 aliphatic carbocycles. The van der Waals surface area contributed by atoms with Crippen LogP contribution in [-0.4, -0.2) is 58.4 Å². The molecule has 0 bridgehead atoms. The van der Waals surface area contributed by atoms with Crippen molar-refractivity contribution in [2.45, 2.75) is 25.0 Å². The van der Waals surface area contributed by atoms with Crippen molar-refractivity contribution in [3.63, 3.8) is 0 Å². The van der Waals surface area contributed by atoms with Crippen LogP contribution in [0.1, 0.15) is 12.8 Å². The number of nitrogens with one attached hydrogen (secondary N) is 1. The molecule has 144 valence electrons. The fourth-order valence-electron chi connectivity index (χ4n) is 3.64. The number of fused-ring (bicyclic) bond motifs is 1. The van der Waals surface area contributed by atoms with E-state index in [-0.39, 0.29) is 6.10 Å². The average Bonchev–Trinajstić information content (AvgIpc) is 2.73. The minimum absolute atomic E-state index is 0.145. The topological polar surface area (TPSA) is 85.3 Å². The van der Waals surface area contributed by atoms with Gasteiger partial charge in [0.05, 0.1) is 18.7 Å². The summed E-state index contributed by atoms with van der Waals surface area (Å²) in [5.41, 5.74) is 2.77. The number of aromatic nitrogens is 4. The van der Waals surface area contributed by atoms with Crippen molar-refractivity contribution < 1.29 is 9.47 Å². The van der Waals surface area contributed by atoms with E-state index in [0.29, 0.717) is 12.0 Å². The lowest BCUT2D eigenvalue weighted by Gasteiger charge is -2.36. The van der Waals surface area contributed by atoms with Gasteiger partial charge in [0.15, 0.2) is 0 Å². The zero-order valence-electron chi connectivity index (χ0n) is 15.5. The molecule has 0 radical (unpaired) electrons. The van der Waals surface area contributed by atoms with Crippen LogP contribution in [0.5, 0.6) is 5.75 Å². The smallest absolute Gasteiger partial charge is 0.222 e. The molecule has 1 aliphatic heterocycles. The first-order chi connectivity index (χ1) is 13.8. The number of rotatable bonds is 5. The Bertz CT molecular complexity index is 942. The first-order valence-electron chi connectivity index (χ1n) is 9.63. The van der Waals surface area contributed by atoms with E-state index < -0.39 is 0 Å². The Balaban J connectivity index is 1.31. The Labute approximate surface area is 162 Å². The molecule has 2 aromatic heterocycles. The molecule has 0 unspecified atom stereocenters. The summed E-state index contributed by atoms with van der Waals surface area (Å²) in [5, 5.41) is 3.34. The number of nitrogens with zero attached hydrogens (tertiary/aromatic N) is 5. The molecule has 3 heterocycles. The van der Waals surface area contributed by atoms with E-state index in [0.717, 1.165) is 61.6 Å². The molecule has 3 aromatic rings. The van der Waals surface area contributed by atoms with Gasteiger partial charge in [-0.1, -0.05) is 0 Å². The largest absolute Gasteiger partial charge is 0.488 e. The third kappa shape index (κ3) is 3.55. The van der Waals surface area contributed by atoms with E-state index in [1.807, 2.05) is 6.07 Å². The van der Waals surface area contributed by atoms with Crippen LogP contribution in [0, 0.1) is 0 Å². The summed E-state index contributed by atoms with van der Waals surface area (Å²) >= 11 is 0. The van der Waals surface area contributed by atoms with Gasteiger partial charge in [-0.2, -0.15) is 0 Å². The summed E-state index contributed by atoms with van der Waals surface area (Å²) in [6.45, 7) is 3.23. The standard InChI is InChI=1S/C20H22N6O2/c1-2-23-20(24-3-1)25-14-10-16(11-14)28-18-13-15(26-6-8-27-9-7-26)12-17-19(18)22-5-4-21-17/h1-5,12-14,16H,6-11H2,(H,23,24,25)/t14-,16-. The van der Waals surface area contributed by atoms with Crippen molar-refractivity contribution in [1.82, 2.24) is 19.9 Å². The van der Waals surface area contributed by atoms with Crippen molar-refractivity contribution >= 4 is 22.7 Å². The van der Waals surface area contributed by atoms with Crippen LogP contribution in [0.15, 0.2) is 43.0 Å². The zero-order valence-corrected chi connectivity index (χ0v) is 15.5. The number of hydrogen-bond donors (Lipinski definition) is 1. The maximum absolute atomic E-state index is 6.32. The molecule has 0 amide bonds. The van der Waals surface area contributed by atoms with Gasteiger partial charge in [0, 0.05) is 68.5 Å². The highest BCUT2D eigenvalue weighted by molar-refractivity contribution is 5.85. The molecule has 1 saturated carbocycles. The van der Waals surface area contributed by atoms with Gasteiger partial charge in [-0.05, 0) is 12.1 Å². The quantitative estimate of drug-likeness (QED) is 0.724. The van der Waals surface area contributed by atoms with E-state index in [4.69, 9.17) is 9.47 Å². The second kappa shape index (κ2) is 7.55. The predicted octanol–water partition coefficient (Wildman–Crippen LogP) is 2.28. The maximum atomic E-state index is 6.32. The lowest BCUT2D eigenvalue weighted by Crippen LogP contribution is -2.43. The molecule has 8 heteroatoms. The lowest BCUT2D eigenvalue weighted by molar-refractivity contribution is 0.109. The molecule has 2 fully saturated rings. The Morgan fingerprint density at radius 1 is 0.964 bits per heavy atom. The summed E-state index contributed by atoms with van der Waals surface area (Å²) in [7, 11) is 0. The molecule has 1 aromatic carbocycles. The van der Waals surface area contributed by atoms with Gasteiger partial charge >= 0.3 is 0 Å². The lowest BCUT2D eigenvalue weighted by atomic mass is 9.89. The molecule has 1 N–H and O–H groups in total. The molecule has 1 saturated heterocycles. The van der Waals surface area contributed by atoms with Gasteiger partial charge in [-0.3, -0.25) is 4.98 Å². The van der Waals surface area contributed by atoms with Crippen LogP contribution in [0.25, 0.3) is 11.0 Å². The highest BCUT2D eigenvalue weighted by Gasteiger charge is 2.32. The number of benzene rings is 1. The molecule has 8 nitrogen and oxygen atoms in total. The third-order valence-electron chi connectivity index (χ3n) is 5.19. The van der Waals surface area contributed by atoms with Gasteiger partial charge in [0.2, 0.25) is 5.95 Å². The van der Waals surface area contributed by atoms with E-state index in [9.17, 15) is 0 Å². The average molecular weight is 378 g/mol. The van der Waals surface area contributed by atoms with Crippen molar-refractivity contribution in [3.8, 4) is 5.75 Å². The van der Waals surface area contributed by atoms with Crippen molar-refractivity contribution in [2.75, 3.05) is 36.5 Å². The highest BCUT2D eigenvalue weighted by Crippen LogP contribution is 2.34. The number of anilines is 2. The van der Waals surface area contributed by atoms with E-state index >= 15 is 0 Å². The van der Waals surface area contributed by atoms with Crippen LogP contribution in [0.3, 0.4) is 0 Å². The number of ether oxygens (including phenoxy) is 2. The van der Waals surface area contributed by atoms with E-state index in [1.54, 1.807) is 24.8 Å². The van der Waals surface area contributed by atoms with E-state index in [2.05, 4.69) is 42.3 Å². The Kier molecular flexibility index (Phi) is 4.62. The normalized spacial score (nSPS) is 21.9. The summed E-state index contributed by atoms with van der Waals surface area (Å²) in [5.74, 6) is 1.46. The summed E-state index contributed by atoms with van der Waals surface area (Å²) in [6.07, 6.45) is 8.86. The third-order valence-corrected chi connectivity index (χ3v) is 5.19. The van der Waals surface area contributed by atoms with Crippen LogP contribution in [0.4, 0.5) is 11.6 Å². The Morgan fingerprint density at radius 2 is 1.75 bits per heavy atom. The number of hydrogen-bond acceptors (Lipinski definition) is 8. The Morgan fingerprint density at radius 3 is 2.57 bits per heavy atom. The van der Waals surface area contributed by atoms with Crippen LogP contribution in [-0.2, 0) is 4.74 Å². The summed E-state index contributed by atoms with van der Waals surface area (Å²) < 4.78 is 11.8. The second-order valence-electron chi connectivity index (χ2n) is 7.09. The van der Waals surface area contributed by atoms with Gasteiger partial charge < -0.3 is 19.7 Å². The monoisotopic (exact) mass is 378 g/mol. The molecule has 28 heavy (non-hydrogen) atoms. The molecule has 0 spiro atoms. The fraction of sp³-hybridized carbons (Fsp3) is 0.400.